The molecule has 1 rings (SSSR count). The third kappa shape index (κ3) is 3.41. The van der Waals surface area contributed by atoms with E-state index in [2.05, 4.69) is 11.6 Å². The topological polar surface area (TPSA) is 55.1 Å². The summed E-state index contributed by atoms with van der Waals surface area (Å²) in [5, 5.41) is 3.78. The van der Waals surface area contributed by atoms with Crippen LogP contribution in [0.5, 0.6) is 0 Å². The largest absolute Gasteiger partial charge is 0.352 e. The molecule has 1 aliphatic carbocycles. The highest BCUT2D eigenvalue weighted by molar-refractivity contribution is 7.99. The first-order valence-electron chi connectivity index (χ1n) is 6.83. The van der Waals surface area contributed by atoms with Gasteiger partial charge in [-0.25, -0.2) is 0 Å². The van der Waals surface area contributed by atoms with Gasteiger partial charge in [-0.15, -0.1) is 0 Å². The van der Waals surface area contributed by atoms with Crippen molar-refractivity contribution in [1.29, 1.82) is 0 Å². The first-order valence-corrected chi connectivity index (χ1v) is 8.11. The van der Waals surface area contributed by atoms with Crippen molar-refractivity contribution in [3.8, 4) is 0 Å². The van der Waals surface area contributed by atoms with Gasteiger partial charge in [0.1, 0.15) is 0 Å². The van der Waals surface area contributed by atoms with Crippen LogP contribution in [-0.2, 0) is 4.79 Å². The van der Waals surface area contributed by atoms with Gasteiger partial charge in [0.05, 0.1) is 5.41 Å². The molecule has 0 aliphatic heterocycles. The Kier molecular flexibility index (Phi) is 5.13. The van der Waals surface area contributed by atoms with E-state index in [1.165, 1.54) is 19.3 Å². The van der Waals surface area contributed by atoms with Crippen molar-refractivity contribution < 1.29 is 4.79 Å². The third-order valence-electron chi connectivity index (χ3n) is 4.50. The number of carbonyl (C=O) groups excluding carboxylic acids is 1. The van der Waals surface area contributed by atoms with Crippen LogP contribution < -0.4 is 11.1 Å². The summed E-state index contributed by atoms with van der Waals surface area (Å²) < 4.78 is 0. The van der Waals surface area contributed by atoms with Gasteiger partial charge >= 0.3 is 0 Å². The number of nitrogens with two attached hydrogens (primary N) is 1. The molecular weight excluding hydrogens is 244 g/mol. The number of rotatable bonds is 4. The smallest absolute Gasteiger partial charge is 0.227 e. The van der Waals surface area contributed by atoms with Crippen molar-refractivity contribution in [1.82, 2.24) is 5.32 Å². The second-order valence-corrected chi connectivity index (χ2v) is 7.56. The molecule has 0 saturated heterocycles. The first-order chi connectivity index (χ1) is 8.20. The van der Waals surface area contributed by atoms with Crippen LogP contribution in [0.25, 0.3) is 0 Å². The molecular formula is C14H28N2OS. The maximum absolute atomic E-state index is 12.4. The van der Waals surface area contributed by atoms with Crippen LogP contribution in [0.2, 0.25) is 0 Å². The minimum absolute atomic E-state index is 0.0842. The molecule has 3 nitrogen and oxygen atoms in total. The summed E-state index contributed by atoms with van der Waals surface area (Å²) in [6, 6.07) is 0.308. The van der Waals surface area contributed by atoms with E-state index >= 15 is 0 Å². The number of thioether (sulfide) groups is 1. The summed E-state index contributed by atoms with van der Waals surface area (Å²) in [4.78, 5) is 12.4. The van der Waals surface area contributed by atoms with Gasteiger partial charge in [0.15, 0.2) is 0 Å². The monoisotopic (exact) mass is 272 g/mol. The molecule has 1 amide bonds. The van der Waals surface area contributed by atoms with Crippen LogP contribution in [0, 0.1) is 5.41 Å². The minimum atomic E-state index is -0.548. The number of hydrogen-bond donors (Lipinski definition) is 2. The van der Waals surface area contributed by atoms with Crippen LogP contribution >= 0.6 is 11.8 Å². The Labute approximate surface area is 116 Å². The van der Waals surface area contributed by atoms with Crippen LogP contribution in [0.15, 0.2) is 0 Å². The fraction of sp³-hybridized carbons (Fsp3) is 0.929. The lowest BCUT2D eigenvalue weighted by Crippen LogP contribution is -2.58. The predicted molar refractivity (Wildman–Crippen MR) is 79.7 cm³/mol. The highest BCUT2D eigenvalue weighted by atomic mass is 32.2. The summed E-state index contributed by atoms with van der Waals surface area (Å²) in [6.45, 7) is 7.69. The van der Waals surface area contributed by atoms with E-state index in [1.54, 1.807) is 0 Å². The molecule has 0 aromatic rings. The lowest BCUT2D eigenvalue weighted by Gasteiger charge is -2.40. The molecule has 0 bridgehead atoms. The molecule has 4 heteroatoms. The highest BCUT2D eigenvalue weighted by Crippen LogP contribution is 2.31. The summed E-state index contributed by atoms with van der Waals surface area (Å²) in [5.74, 6) is 0.0842. The molecule has 2 atom stereocenters. The Bertz CT molecular complexity index is 297. The third-order valence-corrected chi connectivity index (χ3v) is 5.67. The Morgan fingerprint density at radius 3 is 2.28 bits per heavy atom. The molecule has 0 aromatic carbocycles. The van der Waals surface area contributed by atoms with Gasteiger partial charge in [-0.05, 0) is 46.8 Å². The average Bonchev–Trinajstić information content (AvgIpc) is 2.28. The molecule has 1 fully saturated rings. The molecule has 3 N–H and O–H groups in total. The van der Waals surface area contributed by atoms with Gasteiger partial charge in [0.2, 0.25) is 5.91 Å². The fourth-order valence-electron chi connectivity index (χ4n) is 2.19. The molecule has 2 unspecified atom stereocenters. The van der Waals surface area contributed by atoms with Gasteiger partial charge in [-0.2, -0.15) is 11.8 Å². The second-order valence-electron chi connectivity index (χ2n) is 6.49. The maximum atomic E-state index is 12.4. The molecule has 106 valence electrons. The maximum Gasteiger partial charge on any atom is 0.227 e. The minimum Gasteiger partial charge on any atom is -0.352 e. The molecule has 0 heterocycles. The second kappa shape index (κ2) is 5.83. The molecule has 0 spiro atoms. The molecule has 1 aliphatic rings. The molecule has 0 aromatic heterocycles. The van der Waals surface area contributed by atoms with Crippen molar-refractivity contribution in [3.05, 3.63) is 0 Å². The zero-order chi connectivity index (χ0) is 14.0. The SMILES string of the molecule is CSC1CCCCC1NC(=O)C(C)(C)C(C)(C)N. The Balaban J connectivity index is 2.69. The Hall–Kier alpha value is -0.220. The van der Waals surface area contributed by atoms with Crippen molar-refractivity contribution in [2.75, 3.05) is 6.26 Å². The van der Waals surface area contributed by atoms with Gasteiger partial charge in [0, 0.05) is 16.8 Å². The summed E-state index contributed by atoms with van der Waals surface area (Å²) >= 11 is 1.87. The van der Waals surface area contributed by atoms with E-state index in [0.717, 1.165) is 6.42 Å². The Morgan fingerprint density at radius 2 is 1.78 bits per heavy atom. The number of carbonyl (C=O) groups is 1. The highest BCUT2D eigenvalue weighted by Gasteiger charge is 2.41. The van der Waals surface area contributed by atoms with E-state index in [0.29, 0.717) is 11.3 Å². The molecule has 0 radical (unpaired) electrons. The fourth-order valence-corrected chi connectivity index (χ4v) is 3.12. The zero-order valence-corrected chi connectivity index (χ0v) is 13.2. The average molecular weight is 272 g/mol. The van der Waals surface area contributed by atoms with Gasteiger partial charge in [-0.3, -0.25) is 4.79 Å². The molecule has 1 saturated carbocycles. The summed E-state index contributed by atoms with van der Waals surface area (Å²) in [7, 11) is 0. The van der Waals surface area contributed by atoms with Crippen LogP contribution in [0.4, 0.5) is 0 Å². The lowest BCUT2D eigenvalue weighted by atomic mass is 9.74. The summed E-state index contributed by atoms with van der Waals surface area (Å²) in [5.41, 5.74) is 5.06. The first kappa shape index (κ1) is 15.8. The lowest BCUT2D eigenvalue weighted by molar-refractivity contribution is -0.133. The number of nitrogens with one attached hydrogen (secondary N) is 1. The van der Waals surface area contributed by atoms with Crippen molar-refractivity contribution in [2.24, 2.45) is 11.1 Å². The van der Waals surface area contributed by atoms with Crippen LogP contribution in [-0.4, -0.2) is 29.0 Å². The van der Waals surface area contributed by atoms with Crippen molar-refractivity contribution >= 4 is 17.7 Å². The predicted octanol–water partition coefficient (Wildman–Crippen LogP) is 2.54. The molecule has 18 heavy (non-hydrogen) atoms. The zero-order valence-electron chi connectivity index (χ0n) is 12.4. The van der Waals surface area contributed by atoms with Gasteiger partial charge in [0.25, 0.3) is 0 Å². The quantitative estimate of drug-likeness (QED) is 0.827. The van der Waals surface area contributed by atoms with Crippen molar-refractivity contribution in [2.45, 2.75) is 70.2 Å². The van der Waals surface area contributed by atoms with E-state index in [4.69, 9.17) is 5.73 Å². The van der Waals surface area contributed by atoms with E-state index in [9.17, 15) is 4.79 Å². The van der Waals surface area contributed by atoms with Gasteiger partial charge < -0.3 is 11.1 Å². The Morgan fingerprint density at radius 1 is 1.22 bits per heavy atom. The van der Waals surface area contributed by atoms with Crippen LogP contribution in [0.1, 0.15) is 53.4 Å². The number of amides is 1. The van der Waals surface area contributed by atoms with Crippen LogP contribution in [0.3, 0.4) is 0 Å². The summed E-state index contributed by atoms with van der Waals surface area (Å²) in [6.07, 6.45) is 6.93. The van der Waals surface area contributed by atoms with Gasteiger partial charge in [-0.1, -0.05) is 12.8 Å². The van der Waals surface area contributed by atoms with Crippen molar-refractivity contribution in [3.63, 3.8) is 0 Å². The normalized spacial score (nSPS) is 25.9. The standard InChI is InChI=1S/C14H28N2OS/c1-13(2,14(3,4)15)12(17)16-10-8-6-7-9-11(10)18-5/h10-11H,6-9,15H2,1-5H3,(H,16,17). The number of hydrogen-bond acceptors (Lipinski definition) is 3. The van der Waals surface area contributed by atoms with E-state index in [1.807, 2.05) is 39.5 Å². The van der Waals surface area contributed by atoms with E-state index in [-0.39, 0.29) is 5.91 Å². The van der Waals surface area contributed by atoms with E-state index < -0.39 is 11.0 Å².